The second kappa shape index (κ2) is 8.19. The largest absolute Gasteiger partial charge is 0.497 e. The molecule has 0 saturated carbocycles. The third-order valence-corrected chi connectivity index (χ3v) is 6.45. The van der Waals surface area contributed by atoms with Gasteiger partial charge in [-0.15, -0.1) is 0 Å². The standard InChI is InChI=1S/C24H31N3O3/c1-15(2)25-24(29)27-12-11-19-22(14-28)26(3)21-10-7-17(13-20(21)23(19)27)16-5-8-18(30-4)9-6-16/h5-10,13,15,19,22-23,28H,11-12,14H2,1-4H3,(H,25,29)/t19-,22+,23-/m0/s1. The Morgan fingerprint density at radius 2 is 1.90 bits per heavy atom. The Balaban J connectivity index is 1.76. The molecular weight excluding hydrogens is 378 g/mol. The summed E-state index contributed by atoms with van der Waals surface area (Å²) in [4.78, 5) is 17.1. The van der Waals surface area contributed by atoms with E-state index in [4.69, 9.17) is 4.74 Å². The maximum atomic E-state index is 12.9. The average Bonchev–Trinajstić information content (AvgIpc) is 3.18. The van der Waals surface area contributed by atoms with Gasteiger partial charge in [-0.05, 0) is 61.2 Å². The lowest BCUT2D eigenvalue weighted by molar-refractivity contribution is 0.159. The van der Waals surface area contributed by atoms with Crippen LogP contribution in [0.4, 0.5) is 10.5 Å². The van der Waals surface area contributed by atoms with Crippen molar-refractivity contribution < 1.29 is 14.6 Å². The predicted molar refractivity (Wildman–Crippen MR) is 119 cm³/mol. The van der Waals surface area contributed by atoms with Crippen LogP contribution in [0.3, 0.4) is 0 Å². The summed E-state index contributed by atoms with van der Waals surface area (Å²) in [6.07, 6.45) is 0.887. The molecule has 2 amide bonds. The molecule has 0 spiro atoms. The number of ether oxygens (including phenoxy) is 1. The highest BCUT2D eigenvalue weighted by Crippen LogP contribution is 2.49. The molecule has 2 aliphatic rings. The van der Waals surface area contributed by atoms with Crippen LogP contribution < -0.4 is 15.0 Å². The number of rotatable bonds is 4. The summed E-state index contributed by atoms with van der Waals surface area (Å²) >= 11 is 0. The number of hydrogen-bond donors (Lipinski definition) is 2. The van der Waals surface area contributed by atoms with Crippen molar-refractivity contribution in [2.75, 3.05) is 32.2 Å². The van der Waals surface area contributed by atoms with Crippen LogP contribution in [0.15, 0.2) is 42.5 Å². The number of aliphatic hydroxyl groups excluding tert-OH is 1. The first-order valence-corrected chi connectivity index (χ1v) is 10.6. The van der Waals surface area contributed by atoms with Gasteiger partial charge >= 0.3 is 6.03 Å². The molecule has 2 heterocycles. The fourth-order valence-corrected chi connectivity index (χ4v) is 4.97. The molecule has 0 radical (unpaired) electrons. The molecule has 2 aliphatic heterocycles. The molecule has 0 bridgehead atoms. The molecular formula is C24H31N3O3. The predicted octanol–water partition coefficient (Wildman–Crippen LogP) is 3.65. The first-order valence-electron chi connectivity index (χ1n) is 10.6. The van der Waals surface area contributed by atoms with Crippen molar-refractivity contribution in [1.82, 2.24) is 10.2 Å². The van der Waals surface area contributed by atoms with Crippen LogP contribution in [-0.2, 0) is 0 Å². The molecule has 2 aromatic carbocycles. The van der Waals surface area contributed by atoms with Crippen LogP contribution in [-0.4, -0.2) is 55.4 Å². The second-order valence-corrected chi connectivity index (χ2v) is 8.56. The van der Waals surface area contributed by atoms with E-state index in [1.165, 1.54) is 0 Å². The van der Waals surface area contributed by atoms with E-state index in [0.717, 1.165) is 34.5 Å². The van der Waals surface area contributed by atoms with Gasteiger partial charge in [-0.3, -0.25) is 0 Å². The van der Waals surface area contributed by atoms with E-state index in [-0.39, 0.29) is 36.7 Å². The first-order chi connectivity index (χ1) is 14.4. The van der Waals surface area contributed by atoms with E-state index in [1.807, 2.05) is 37.9 Å². The van der Waals surface area contributed by atoms with E-state index in [0.29, 0.717) is 6.54 Å². The lowest BCUT2D eigenvalue weighted by Gasteiger charge is -2.44. The Labute approximate surface area is 178 Å². The number of benzene rings is 2. The van der Waals surface area contributed by atoms with Gasteiger partial charge in [0.15, 0.2) is 0 Å². The lowest BCUT2D eigenvalue weighted by atomic mass is 9.81. The number of hydrogen-bond acceptors (Lipinski definition) is 4. The number of amides is 2. The quantitative estimate of drug-likeness (QED) is 0.809. The molecule has 1 fully saturated rings. The molecule has 6 nitrogen and oxygen atoms in total. The summed E-state index contributed by atoms with van der Waals surface area (Å²) in [5, 5.41) is 13.2. The van der Waals surface area contributed by atoms with E-state index >= 15 is 0 Å². The summed E-state index contributed by atoms with van der Waals surface area (Å²) in [7, 11) is 3.71. The number of nitrogens with zero attached hydrogens (tertiary/aromatic N) is 2. The highest BCUT2D eigenvalue weighted by molar-refractivity contribution is 5.78. The Kier molecular flexibility index (Phi) is 5.60. The van der Waals surface area contributed by atoms with E-state index in [2.05, 4.69) is 40.5 Å². The maximum Gasteiger partial charge on any atom is 0.318 e. The van der Waals surface area contributed by atoms with E-state index in [9.17, 15) is 9.90 Å². The van der Waals surface area contributed by atoms with Crippen LogP contribution >= 0.6 is 0 Å². The highest BCUT2D eigenvalue weighted by Gasteiger charge is 2.47. The van der Waals surface area contributed by atoms with Crippen LogP contribution in [0.25, 0.3) is 11.1 Å². The number of nitrogens with one attached hydrogen (secondary N) is 1. The minimum absolute atomic E-state index is 0.00573. The maximum absolute atomic E-state index is 12.9. The molecule has 2 N–H and O–H groups in total. The zero-order chi connectivity index (χ0) is 21.4. The number of anilines is 1. The van der Waals surface area contributed by atoms with Gasteiger partial charge in [-0.25, -0.2) is 4.79 Å². The molecule has 0 aromatic heterocycles. The average molecular weight is 410 g/mol. The van der Waals surface area contributed by atoms with Crippen LogP contribution in [0.5, 0.6) is 5.75 Å². The van der Waals surface area contributed by atoms with Gasteiger partial charge < -0.3 is 25.0 Å². The van der Waals surface area contributed by atoms with Crippen LogP contribution in [0.2, 0.25) is 0 Å². The van der Waals surface area contributed by atoms with Gasteiger partial charge in [0.25, 0.3) is 0 Å². The van der Waals surface area contributed by atoms with Gasteiger partial charge in [0.1, 0.15) is 5.75 Å². The molecule has 1 saturated heterocycles. The number of likely N-dealkylation sites (tertiary alicyclic amines) is 1. The number of fused-ring (bicyclic) bond motifs is 3. The molecule has 0 aliphatic carbocycles. The zero-order valence-electron chi connectivity index (χ0n) is 18.1. The fourth-order valence-electron chi connectivity index (χ4n) is 4.97. The first kappa shape index (κ1) is 20.5. The molecule has 6 heteroatoms. The second-order valence-electron chi connectivity index (χ2n) is 8.56. The van der Waals surface area contributed by atoms with Crippen LogP contribution in [0, 0.1) is 5.92 Å². The van der Waals surface area contributed by atoms with Gasteiger partial charge in [-0.1, -0.05) is 18.2 Å². The number of aliphatic hydroxyl groups is 1. The van der Waals surface area contributed by atoms with Gasteiger partial charge in [0.05, 0.1) is 25.8 Å². The van der Waals surface area contributed by atoms with Crippen molar-refractivity contribution in [2.24, 2.45) is 5.92 Å². The summed E-state index contributed by atoms with van der Waals surface area (Å²) in [6.45, 7) is 4.74. The Hall–Kier alpha value is -2.73. The summed E-state index contributed by atoms with van der Waals surface area (Å²) in [5.41, 5.74) is 4.45. The molecule has 30 heavy (non-hydrogen) atoms. The number of carbonyl (C=O) groups excluding carboxylic acids is 1. The third-order valence-electron chi connectivity index (χ3n) is 6.45. The van der Waals surface area contributed by atoms with Crippen LogP contribution in [0.1, 0.15) is 31.9 Å². The molecule has 3 atom stereocenters. The smallest absolute Gasteiger partial charge is 0.318 e. The molecule has 2 aromatic rings. The number of likely N-dealkylation sites (N-methyl/N-ethyl adjacent to an activating group) is 1. The van der Waals surface area contributed by atoms with Crippen molar-refractivity contribution in [3.8, 4) is 16.9 Å². The zero-order valence-corrected chi connectivity index (χ0v) is 18.1. The van der Waals surface area contributed by atoms with Crippen molar-refractivity contribution >= 4 is 11.7 Å². The van der Waals surface area contributed by atoms with Crippen molar-refractivity contribution in [2.45, 2.75) is 38.4 Å². The Morgan fingerprint density at radius 3 is 2.53 bits per heavy atom. The number of methoxy groups -OCH3 is 1. The SMILES string of the molecule is COc1ccc(-c2ccc3c(c2)[C@@H]2[C@@H](CCN2C(=O)NC(C)C)[C@@H](CO)N3C)cc1. The lowest BCUT2D eigenvalue weighted by Crippen LogP contribution is -2.50. The molecule has 4 rings (SSSR count). The van der Waals surface area contributed by atoms with Crippen molar-refractivity contribution in [1.29, 1.82) is 0 Å². The fraction of sp³-hybridized carbons (Fsp3) is 0.458. The normalized spacial score (nSPS) is 22.7. The molecule has 160 valence electrons. The van der Waals surface area contributed by atoms with Gasteiger partial charge in [-0.2, -0.15) is 0 Å². The third kappa shape index (κ3) is 3.49. The Morgan fingerprint density at radius 1 is 1.20 bits per heavy atom. The Bertz CT molecular complexity index is 912. The number of urea groups is 1. The summed E-state index contributed by atoms with van der Waals surface area (Å²) < 4.78 is 5.28. The van der Waals surface area contributed by atoms with Gasteiger partial charge in [0.2, 0.25) is 0 Å². The highest BCUT2D eigenvalue weighted by atomic mass is 16.5. The minimum Gasteiger partial charge on any atom is -0.497 e. The van der Waals surface area contributed by atoms with Crippen molar-refractivity contribution in [3.63, 3.8) is 0 Å². The number of carbonyl (C=O) groups is 1. The van der Waals surface area contributed by atoms with Crippen molar-refractivity contribution in [3.05, 3.63) is 48.0 Å². The van der Waals surface area contributed by atoms with Gasteiger partial charge in [0, 0.05) is 31.2 Å². The topological polar surface area (TPSA) is 65.0 Å². The summed E-state index contributed by atoms with van der Waals surface area (Å²) in [6, 6.07) is 14.5. The van der Waals surface area contributed by atoms with E-state index < -0.39 is 0 Å². The van der Waals surface area contributed by atoms with E-state index in [1.54, 1.807) is 7.11 Å². The molecule has 0 unspecified atom stereocenters. The minimum atomic E-state index is -0.0368. The summed E-state index contributed by atoms with van der Waals surface area (Å²) in [5.74, 6) is 1.03. The monoisotopic (exact) mass is 409 g/mol.